The number of fused-ring (bicyclic) bond motifs is 1. The number of halogens is 2. The van der Waals surface area contributed by atoms with Gasteiger partial charge in [0.05, 0.1) is 34.7 Å². The van der Waals surface area contributed by atoms with Crippen LogP contribution >= 0.6 is 23.2 Å². The summed E-state index contributed by atoms with van der Waals surface area (Å²) in [6.07, 6.45) is 0. The lowest BCUT2D eigenvalue weighted by molar-refractivity contribution is -0.117. The molecule has 0 saturated heterocycles. The van der Waals surface area contributed by atoms with Crippen molar-refractivity contribution >= 4 is 45.7 Å². The minimum atomic E-state index is -0.232. The van der Waals surface area contributed by atoms with E-state index in [-0.39, 0.29) is 18.0 Å². The Balaban J connectivity index is 1.71. The molecule has 0 aliphatic carbocycles. The van der Waals surface area contributed by atoms with E-state index in [2.05, 4.69) is 15.3 Å². The molecule has 0 bridgehead atoms. The Morgan fingerprint density at radius 3 is 2.78 bits per heavy atom. The third-order valence-electron chi connectivity index (χ3n) is 4.05. The van der Waals surface area contributed by atoms with E-state index in [9.17, 15) is 9.59 Å². The zero-order valence-corrected chi connectivity index (χ0v) is 16.1. The first kappa shape index (κ1) is 19.4. The Bertz CT molecular complexity index is 1040. The van der Waals surface area contributed by atoms with Crippen LogP contribution in [0.5, 0.6) is 0 Å². The van der Waals surface area contributed by atoms with Crippen LogP contribution in [-0.2, 0) is 11.3 Å². The molecule has 140 valence electrons. The number of nitrogens with one attached hydrogen (secondary N) is 2. The predicted octanol–water partition coefficient (Wildman–Crippen LogP) is 3.69. The number of H-pyrrole nitrogens is 1. The predicted molar refractivity (Wildman–Crippen MR) is 108 cm³/mol. The van der Waals surface area contributed by atoms with Gasteiger partial charge in [-0.15, -0.1) is 0 Å². The van der Waals surface area contributed by atoms with E-state index >= 15 is 0 Å². The molecule has 0 saturated carbocycles. The van der Waals surface area contributed by atoms with E-state index in [0.717, 1.165) is 0 Å². The molecule has 0 spiro atoms. The minimum absolute atomic E-state index is 0.121. The molecule has 1 heterocycles. The van der Waals surface area contributed by atoms with Gasteiger partial charge < -0.3 is 10.3 Å². The molecule has 0 atom stereocenters. The molecule has 0 radical (unpaired) electrons. The van der Waals surface area contributed by atoms with Crippen LogP contribution < -0.4 is 10.9 Å². The number of carbonyl (C=O) groups is 1. The van der Waals surface area contributed by atoms with Gasteiger partial charge in [0.15, 0.2) is 0 Å². The normalized spacial score (nSPS) is 11.1. The van der Waals surface area contributed by atoms with Gasteiger partial charge >= 0.3 is 0 Å². The van der Waals surface area contributed by atoms with Crippen LogP contribution in [-0.4, -0.2) is 33.9 Å². The zero-order valence-electron chi connectivity index (χ0n) is 14.6. The maximum absolute atomic E-state index is 12.4. The maximum Gasteiger partial charge on any atom is 0.258 e. The van der Waals surface area contributed by atoms with Crippen molar-refractivity contribution in [3.63, 3.8) is 0 Å². The smallest absolute Gasteiger partial charge is 0.258 e. The van der Waals surface area contributed by atoms with Gasteiger partial charge in [0.25, 0.3) is 5.56 Å². The highest BCUT2D eigenvalue weighted by molar-refractivity contribution is 6.35. The molecule has 0 unspecified atom stereocenters. The molecule has 3 aromatic rings. The van der Waals surface area contributed by atoms with E-state index in [1.165, 1.54) is 0 Å². The summed E-state index contributed by atoms with van der Waals surface area (Å²) in [5, 5.41) is 4.19. The fourth-order valence-electron chi connectivity index (χ4n) is 2.69. The van der Waals surface area contributed by atoms with Crippen LogP contribution in [0.2, 0.25) is 10.0 Å². The lowest BCUT2D eigenvalue weighted by Crippen LogP contribution is -2.34. The first-order valence-electron chi connectivity index (χ1n) is 8.41. The van der Waals surface area contributed by atoms with Gasteiger partial charge in [-0.3, -0.25) is 14.5 Å². The van der Waals surface area contributed by atoms with Gasteiger partial charge in [0.2, 0.25) is 5.91 Å². The van der Waals surface area contributed by atoms with Gasteiger partial charge in [0, 0.05) is 5.02 Å². The number of aromatic amines is 1. The number of amides is 1. The summed E-state index contributed by atoms with van der Waals surface area (Å²) in [5.74, 6) is 0.276. The summed E-state index contributed by atoms with van der Waals surface area (Å²) < 4.78 is 0. The van der Waals surface area contributed by atoms with Crippen molar-refractivity contribution in [1.82, 2.24) is 14.9 Å². The molecule has 0 aliphatic heterocycles. The fraction of sp³-hybridized carbons (Fsp3) is 0.211. The van der Waals surface area contributed by atoms with Crippen molar-refractivity contribution in [3.05, 3.63) is 68.7 Å². The Hall–Kier alpha value is -2.41. The first-order chi connectivity index (χ1) is 13.0. The highest BCUT2D eigenvalue weighted by Crippen LogP contribution is 2.25. The number of hydrogen-bond acceptors (Lipinski definition) is 4. The number of para-hydroxylation sites is 1. The fourth-order valence-corrected chi connectivity index (χ4v) is 3.02. The number of likely N-dealkylation sites (N-methyl/N-ethyl adjacent to an activating group) is 1. The molecule has 1 amide bonds. The van der Waals surface area contributed by atoms with Crippen LogP contribution in [0.15, 0.2) is 47.3 Å². The molecule has 8 heteroatoms. The average molecular weight is 405 g/mol. The summed E-state index contributed by atoms with van der Waals surface area (Å²) in [5.41, 5.74) is 0.895. The molecule has 2 aromatic carbocycles. The van der Waals surface area contributed by atoms with Crippen LogP contribution in [0, 0.1) is 0 Å². The average Bonchev–Trinajstić information content (AvgIpc) is 2.64. The van der Waals surface area contributed by atoms with Crippen LogP contribution in [0.3, 0.4) is 0 Å². The topological polar surface area (TPSA) is 78.1 Å². The molecular formula is C19H18Cl2N4O2. The highest BCUT2D eigenvalue weighted by Gasteiger charge is 2.13. The first-order valence-corrected chi connectivity index (χ1v) is 9.17. The van der Waals surface area contributed by atoms with Crippen molar-refractivity contribution < 1.29 is 4.79 Å². The molecule has 2 N–H and O–H groups in total. The largest absolute Gasteiger partial charge is 0.324 e. The summed E-state index contributed by atoms with van der Waals surface area (Å²) in [4.78, 5) is 33.7. The third-order valence-corrected chi connectivity index (χ3v) is 4.62. The van der Waals surface area contributed by atoms with Crippen molar-refractivity contribution in [3.8, 4) is 0 Å². The number of aromatic nitrogens is 2. The molecule has 1 aromatic heterocycles. The monoisotopic (exact) mass is 404 g/mol. The number of anilines is 1. The second-order valence-corrected chi connectivity index (χ2v) is 6.85. The Labute approximate surface area is 166 Å². The van der Waals surface area contributed by atoms with Crippen molar-refractivity contribution in [2.24, 2.45) is 0 Å². The lowest BCUT2D eigenvalue weighted by atomic mass is 10.2. The van der Waals surface area contributed by atoms with Gasteiger partial charge in [-0.2, -0.15) is 0 Å². The van der Waals surface area contributed by atoms with Crippen LogP contribution in [0.1, 0.15) is 12.7 Å². The van der Waals surface area contributed by atoms with Crippen LogP contribution in [0.25, 0.3) is 10.9 Å². The van der Waals surface area contributed by atoms with E-state index in [4.69, 9.17) is 23.2 Å². The summed E-state index contributed by atoms with van der Waals surface area (Å²) >= 11 is 12.0. The Morgan fingerprint density at radius 1 is 1.22 bits per heavy atom. The van der Waals surface area contributed by atoms with Crippen LogP contribution in [0.4, 0.5) is 5.69 Å². The van der Waals surface area contributed by atoms with E-state index < -0.39 is 0 Å². The standard InChI is InChI=1S/C19H18Cl2N4O2/c1-2-25(11-18(26)23-16-9-12(20)7-8-14(16)21)10-17-22-15-6-4-3-5-13(15)19(27)24-17/h3-9H,2,10-11H2,1H3,(H,23,26)(H,22,24,27). The zero-order chi connectivity index (χ0) is 19.4. The number of carbonyl (C=O) groups excluding carboxylic acids is 1. The second kappa shape index (κ2) is 8.52. The lowest BCUT2D eigenvalue weighted by Gasteiger charge is -2.19. The number of nitrogens with zero attached hydrogens (tertiary/aromatic N) is 2. The molecular weight excluding hydrogens is 387 g/mol. The van der Waals surface area contributed by atoms with Crippen molar-refractivity contribution in [2.75, 3.05) is 18.4 Å². The van der Waals surface area contributed by atoms with E-state index in [1.54, 1.807) is 36.4 Å². The quantitative estimate of drug-likeness (QED) is 0.656. The molecule has 6 nitrogen and oxygen atoms in total. The maximum atomic E-state index is 12.4. The third kappa shape index (κ3) is 4.86. The second-order valence-electron chi connectivity index (χ2n) is 6.01. The Kier molecular flexibility index (Phi) is 6.11. The molecule has 0 aliphatic rings. The highest BCUT2D eigenvalue weighted by atomic mass is 35.5. The number of benzene rings is 2. The van der Waals surface area contributed by atoms with Gasteiger partial charge in [-0.25, -0.2) is 4.98 Å². The summed E-state index contributed by atoms with van der Waals surface area (Å²) in [6.45, 7) is 3.00. The van der Waals surface area contributed by atoms with Gasteiger partial charge in [-0.1, -0.05) is 42.3 Å². The van der Waals surface area contributed by atoms with Gasteiger partial charge in [0.1, 0.15) is 5.82 Å². The summed E-state index contributed by atoms with van der Waals surface area (Å²) in [7, 11) is 0. The Morgan fingerprint density at radius 2 is 2.00 bits per heavy atom. The van der Waals surface area contributed by atoms with Crippen molar-refractivity contribution in [2.45, 2.75) is 13.5 Å². The molecule has 0 fully saturated rings. The molecule has 3 rings (SSSR count). The van der Waals surface area contributed by atoms with Gasteiger partial charge in [-0.05, 0) is 36.9 Å². The van der Waals surface area contributed by atoms with E-state index in [0.29, 0.717) is 45.5 Å². The number of rotatable bonds is 6. The minimum Gasteiger partial charge on any atom is -0.324 e. The summed E-state index contributed by atoms with van der Waals surface area (Å²) in [6, 6.07) is 12.0. The molecule has 27 heavy (non-hydrogen) atoms. The number of hydrogen-bond donors (Lipinski definition) is 2. The SMILES string of the molecule is CCN(CC(=O)Nc1cc(Cl)ccc1Cl)Cc1nc2ccccc2c(=O)[nH]1. The van der Waals surface area contributed by atoms with Crippen molar-refractivity contribution in [1.29, 1.82) is 0 Å². The van der Waals surface area contributed by atoms with E-state index in [1.807, 2.05) is 17.9 Å².